The van der Waals surface area contributed by atoms with Gasteiger partial charge in [-0.3, -0.25) is 0 Å². The normalized spacial score (nSPS) is 16.1. The fourth-order valence-electron chi connectivity index (χ4n) is 2.14. The van der Waals surface area contributed by atoms with E-state index >= 15 is 0 Å². The Morgan fingerprint density at radius 3 is 3.06 bits per heavy atom. The van der Waals surface area contributed by atoms with Gasteiger partial charge in [-0.05, 0) is 30.5 Å². The summed E-state index contributed by atoms with van der Waals surface area (Å²) in [5, 5.41) is 5.19. The number of hydrogen-bond acceptors (Lipinski definition) is 3. The lowest BCUT2D eigenvalue weighted by atomic mass is 9.83. The fourth-order valence-corrected chi connectivity index (χ4v) is 3.18. The number of nitrogens with zero attached hydrogens (tertiary/aromatic N) is 1. The Labute approximate surface area is 110 Å². The first-order valence-corrected chi connectivity index (χ1v) is 7.31. The number of hydrogen-bond donors (Lipinski definition) is 1. The molecule has 90 valence electrons. The number of thiazole rings is 1. The summed E-state index contributed by atoms with van der Waals surface area (Å²) in [5.41, 5.74) is 0.994. The number of anilines is 1. The van der Waals surface area contributed by atoms with Crippen molar-refractivity contribution in [1.82, 2.24) is 4.98 Å². The van der Waals surface area contributed by atoms with Crippen LogP contribution in [0.4, 0.5) is 5.13 Å². The van der Waals surface area contributed by atoms with Crippen LogP contribution in [0.15, 0.2) is 18.2 Å². The molecular weight excluding hydrogens is 252 g/mol. The van der Waals surface area contributed by atoms with E-state index in [9.17, 15) is 0 Å². The van der Waals surface area contributed by atoms with Gasteiger partial charge >= 0.3 is 0 Å². The van der Waals surface area contributed by atoms with Gasteiger partial charge in [0.05, 0.1) is 10.2 Å². The monoisotopic (exact) mass is 266 g/mol. The average Bonchev–Trinajstić information content (AvgIpc) is 2.63. The molecule has 0 saturated heterocycles. The molecule has 17 heavy (non-hydrogen) atoms. The van der Waals surface area contributed by atoms with Crippen LogP contribution in [0.25, 0.3) is 10.2 Å². The minimum absolute atomic E-state index is 0.754. The molecule has 0 aliphatic heterocycles. The third-order valence-corrected chi connectivity index (χ3v) is 4.63. The van der Waals surface area contributed by atoms with E-state index in [1.165, 1.54) is 30.4 Å². The maximum Gasteiger partial charge on any atom is 0.183 e. The SMILES string of the molecule is Clc1ccc2sc(NCCC3CCC3)nc2c1. The number of rotatable bonds is 4. The summed E-state index contributed by atoms with van der Waals surface area (Å²) < 4.78 is 1.19. The van der Waals surface area contributed by atoms with Crippen molar-refractivity contribution in [3.05, 3.63) is 23.2 Å². The molecule has 0 bridgehead atoms. The number of benzene rings is 1. The average molecular weight is 267 g/mol. The smallest absolute Gasteiger partial charge is 0.183 e. The van der Waals surface area contributed by atoms with Crippen molar-refractivity contribution in [2.75, 3.05) is 11.9 Å². The minimum atomic E-state index is 0.754. The summed E-state index contributed by atoms with van der Waals surface area (Å²) >= 11 is 7.65. The molecule has 2 nitrogen and oxygen atoms in total. The third-order valence-electron chi connectivity index (χ3n) is 3.40. The second-order valence-electron chi connectivity index (χ2n) is 4.64. The van der Waals surface area contributed by atoms with Crippen molar-refractivity contribution < 1.29 is 0 Å². The van der Waals surface area contributed by atoms with Gasteiger partial charge in [0.25, 0.3) is 0 Å². The molecule has 1 heterocycles. The van der Waals surface area contributed by atoms with Gasteiger partial charge in [0.2, 0.25) is 0 Å². The highest BCUT2D eigenvalue weighted by atomic mass is 35.5. The van der Waals surface area contributed by atoms with Crippen LogP contribution in [0.1, 0.15) is 25.7 Å². The van der Waals surface area contributed by atoms with Gasteiger partial charge in [0.1, 0.15) is 0 Å². The number of halogens is 1. The van der Waals surface area contributed by atoms with Gasteiger partial charge < -0.3 is 5.32 Å². The van der Waals surface area contributed by atoms with Crippen LogP contribution in [0.5, 0.6) is 0 Å². The lowest BCUT2D eigenvalue weighted by Crippen LogP contribution is -2.15. The molecule has 1 N–H and O–H groups in total. The summed E-state index contributed by atoms with van der Waals surface area (Å²) in [6.45, 7) is 1.04. The van der Waals surface area contributed by atoms with Crippen molar-refractivity contribution in [1.29, 1.82) is 0 Å². The molecule has 0 unspecified atom stereocenters. The molecule has 1 aromatic heterocycles. The third kappa shape index (κ3) is 2.55. The fraction of sp³-hybridized carbons (Fsp3) is 0.462. The van der Waals surface area contributed by atoms with E-state index in [1.54, 1.807) is 11.3 Å². The Morgan fingerprint density at radius 2 is 2.29 bits per heavy atom. The van der Waals surface area contributed by atoms with Gasteiger partial charge in [-0.1, -0.05) is 42.2 Å². The zero-order valence-corrected chi connectivity index (χ0v) is 11.2. The number of nitrogens with one attached hydrogen (secondary N) is 1. The zero-order valence-electron chi connectivity index (χ0n) is 9.58. The van der Waals surface area contributed by atoms with E-state index in [-0.39, 0.29) is 0 Å². The quantitative estimate of drug-likeness (QED) is 0.878. The molecule has 0 radical (unpaired) electrons. The van der Waals surface area contributed by atoms with Crippen LogP contribution < -0.4 is 5.32 Å². The van der Waals surface area contributed by atoms with Crippen LogP contribution in [0.2, 0.25) is 5.02 Å². The molecule has 2 aromatic rings. The molecule has 0 amide bonds. The van der Waals surface area contributed by atoms with Gasteiger partial charge in [0.15, 0.2) is 5.13 Å². The number of aromatic nitrogens is 1. The van der Waals surface area contributed by atoms with Gasteiger partial charge in [-0.25, -0.2) is 4.98 Å². The van der Waals surface area contributed by atoms with Crippen molar-refractivity contribution >= 4 is 38.3 Å². The molecular formula is C13H15ClN2S. The van der Waals surface area contributed by atoms with E-state index in [0.29, 0.717) is 0 Å². The molecule has 0 spiro atoms. The maximum absolute atomic E-state index is 5.94. The first-order valence-electron chi connectivity index (χ1n) is 6.11. The van der Waals surface area contributed by atoms with E-state index in [0.717, 1.165) is 28.1 Å². The minimum Gasteiger partial charge on any atom is -0.361 e. The van der Waals surface area contributed by atoms with E-state index < -0.39 is 0 Å². The predicted octanol–water partition coefficient (Wildman–Crippen LogP) is 4.55. The molecule has 0 atom stereocenters. The van der Waals surface area contributed by atoms with Gasteiger partial charge in [0, 0.05) is 11.6 Å². The highest BCUT2D eigenvalue weighted by Crippen LogP contribution is 2.30. The standard InChI is InChI=1S/C13H15ClN2S/c14-10-4-5-12-11(8-10)16-13(17-12)15-7-6-9-2-1-3-9/h4-5,8-9H,1-3,6-7H2,(H,15,16). The first-order chi connectivity index (χ1) is 8.31. The second kappa shape index (κ2) is 4.83. The molecule has 3 rings (SSSR count). The molecule has 1 aliphatic carbocycles. The first kappa shape index (κ1) is 11.3. The van der Waals surface area contributed by atoms with Crippen LogP contribution >= 0.6 is 22.9 Å². The van der Waals surface area contributed by atoms with Crippen molar-refractivity contribution in [2.24, 2.45) is 5.92 Å². The van der Waals surface area contributed by atoms with Crippen LogP contribution in [-0.2, 0) is 0 Å². The Balaban J connectivity index is 1.64. The van der Waals surface area contributed by atoms with Gasteiger partial charge in [-0.2, -0.15) is 0 Å². The van der Waals surface area contributed by atoms with E-state index in [2.05, 4.69) is 10.3 Å². The summed E-state index contributed by atoms with van der Waals surface area (Å²) in [7, 11) is 0. The zero-order chi connectivity index (χ0) is 11.7. The van der Waals surface area contributed by atoms with Crippen molar-refractivity contribution in [3.63, 3.8) is 0 Å². The Bertz CT molecular complexity index is 519. The molecule has 1 aromatic carbocycles. The van der Waals surface area contributed by atoms with Crippen molar-refractivity contribution in [3.8, 4) is 0 Å². The van der Waals surface area contributed by atoms with Gasteiger partial charge in [-0.15, -0.1) is 0 Å². The molecule has 1 saturated carbocycles. The lowest BCUT2D eigenvalue weighted by Gasteiger charge is -2.24. The predicted molar refractivity (Wildman–Crippen MR) is 75.1 cm³/mol. The van der Waals surface area contributed by atoms with Crippen LogP contribution in [0, 0.1) is 5.92 Å². The van der Waals surface area contributed by atoms with Crippen molar-refractivity contribution in [2.45, 2.75) is 25.7 Å². The van der Waals surface area contributed by atoms with E-state index in [4.69, 9.17) is 11.6 Å². The molecule has 1 aliphatic rings. The van der Waals surface area contributed by atoms with Crippen LogP contribution in [0.3, 0.4) is 0 Å². The van der Waals surface area contributed by atoms with E-state index in [1.807, 2.05) is 18.2 Å². The Morgan fingerprint density at radius 1 is 1.41 bits per heavy atom. The summed E-state index contributed by atoms with van der Waals surface area (Å²) in [4.78, 5) is 4.54. The second-order valence-corrected chi connectivity index (χ2v) is 6.11. The van der Waals surface area contributed by atoms with Crippen LogP contribution in [-0.4, -0.2) is 11.5 Å². The number of fused-ring (bicyclic) bond motifs is 1. The highest BCUT2D eigenvalue weighted by Gasteiger charge is 2.16. The highest BCUT2D eigenvalue weighted by molar-refractivity contribution is 7.22. The largest absolute Gasteiger partial charge is 0.361 e. The molecule has 1 fully saturated rings. The maximum atomic E-state index is 5.94. The topological polar surface area (TPSA) is 24.9 Å². The lowest BCUT2D eigenvalue weighted by molar-refractivity contribution is 0.303. The summed E-state index contributed by atoms with van der Waals surface area (Å²) in [6.07, 6.45) is 5.52. The molecule has 4 heteroatoms. The Hall–Kier alpha value is -0.800. The Kier molecular flexibility index (Phi) is 3.21. The summed E-state index contributed by atoms with van der Waals surface area (Å²) in [5.74, 6) is 0.950. The summed E-state index contributed by atoms with van der Waals surface area (Å²) in [6, 6.07) is 5.87.